The fourth-order valence-electron chi connectivity index (χ4n) is 2.99. The molecule has 0 aliphatic heterocycles. The molecule has 0 spiro atoms. The summed E-state index contributed by atoms with van der Waals surface area (Å²) in [5.41, 5.74) is 2.04. The molecule has 2 nitrogen and oxygen atoms in total. The van der Waals surface area contributed by atoms with Crippen molar-refractivity contribution in [1.82, 2.24) is 4.57 Å². The van der Waals surface area contributed by atoms with Gasteiger partial charge in [-0.15, -0.1) is 0 Å². The Hall–Kier alpha value is -1.75. The molecule has 2 heteroatoms. The van der Waals surface area contributed by atoms with Crippen LogP contribution in [0, 0.1) is 11.3 Å². The van der Waals surface area contributed by atoms with Crippen LogP contribution in [-0.2, 0) is 0 Å². The van der Waals surface area contributed by atoms with E-state index in [0.717, 1.165) is 5.69 Å². The van der Waals surface area contributed by atoms with E-state index in [1.807, 2.05) is 12.1 Å². The summed E-state index contributed by atoms with van der Waals surface area (Å²) < 4.78 is 2.26. The molecule has 0 saturated heterocycles. The second-order valence-corrected chi connectivity index (χ2v) is 4.86. The zero-order valence-electron chi connectivity index (χ0n) is 9.89. The first-order valence-corrected chi connectivity index (χ1v) is 6.40. The van der Waals surface area contributed by atoms with Crippen molar-refractivity contribution in [2.45, 2.75) is 38.1 Å². The first kappa shape index (κ1) is 10.4. The van der Waals surface area contributed by atoms with Gasteiger partial charge in [0.2, 0.25) is 0 Å². The zero-order chi connectivity index (χ0) is 11.7. The highest BCUT2D eigenvalue weighted by molar-refractivity contribution is 5.82. The molecule has 1 aromatic heterocycles. The minimum absolute atomic E-state index is 0.526. The van der Waals surface area contributed by atoms with E-state index in [-0.39, 0.29) is 0 Å². The maximum absolute atomic E-state index is 9.28. The van der Waals surface area contributed by atoms with E-state index in [9.17, 15) is 5.26 Å². The average molecular weight is 224 g/mol. The van der Waals surface area contributed by atoms with E-state index < -0.39 is 0 Å². The van der Waals surface area contributed by atoms with Gasteiger partial charge in [0.1, 0.15) is 11.8 Å². The van der Waals surface area contributed by atoms with Crippen molar-refractivity contribution in [3.8, 4) is 6.07 Å². The molecular formula is C15H16N2. The summed E-state index contributed by atoms with van der Waals surface area (Å²) in [7, 11) is 0. The number of hydrogen-bond donors (Lipinski definition) is 0. The Kier molecular flexibility index (Phi) is 2.60. The molecule has 0 N–H and O–H groups in total. The third-order valence-electron chi connectivity index (χ3n) is 3.80. The monoisotopic (exact) mass is 224 g/mol. The topological polar surface area (TPSA) is 28.7 Å². The van der Waals surface area contributed by atoms with Crippen LogP contribution in [0.3, 0.4) is 0 Å². The quantitative estimate of drug-likeness (QED) is 0.719. The van der Waals surface area contributed by atoms with Crippen molar-refractivity contribution >= 4 is 10.9 Å². The lowest BCUT2D eigenvalue weighted by molar-refractivity contribution is 0.359. The molecule has 1 aromatic carbocycles. The molecule has 1 aliphatic rings. The number of benzene rings is 1. The zero-order valence-corrected chi connectivity index (χ0v) is 9.89. The Morgan fingerprint density at radius 3 is 2.65 bits per heavy atom. The summed E-state index contributed by atoms with van der Waals surface area (Å²) in [5.74, 6) is 0. The molecule has 3 rings (SSSR count). The number of rotatable bonds is 1. The van der Waals surface area contributed by atoms with E-state index in [4.69, 9.17) is 0 Å². The smallest absolute Gasteiger partial charge is 0.121 e. The van der Waals surface area contributed by atoms with Crippen molar-refractivity contribution in [3.63, 3.8) is 0 Å². The number of aromatic nitrogens is 1. The second kappa shape index (κ2) is 4.25. The van der Waals surface area contributed by atoms with Crippen LogP contribution < -0.4 is 0 Å². The van der Waals surface area contributed by atoms with Crippen molar-refractivity contribution in [2.75, 3.05) is 0 Å². The normalized spacial score (nSPS) is 17.1. The van der Waals surface area contributed by atoms with Crippen LogP contribution in [-0.4, -0.2) is 4.57 Å². The Labute approximate surface area is 101 Å². The van der Waals surface area contributed by atoms with Gasteiger partial charge >= 0.3 is 0 Å². The molecule has 0 atom stereocenters. The van der Waals surface area contributed by atoms with Crippen molar-refractivity contribution < 1.29 is 0 Å². The van der Waals surface area contributed by atoms with Gasteiger partial charge in [0.05, 0.1) is 0 Å². The predicted octanol–water partition coefficient (Wildman–Crippen LogP) is 4.02. The summed E-state index contributed by atoms with van der Waals surface area (Å²) in [5, 5.41) is 10.5. The first-order chi connectivity index (χ1) is 8.40. The predicted molar refractivity (Wildman–Crippen MR) is 68.8 cm³/mol. The van der Waals surface area contributed by atoms with E-state index in [2.05, 4.69) is 28.8 Å². The average Bonchev–Trinajstić information content (AvgIpc) is 2.78. The van der Waals surface area contributed by atoms with Crippen molar-refractivity contribution in [1.29, 1.82) is 5.26 Å². The molecule has 86 valence electrons. The molecular weight excluding hydrogens is 208 g/mol. The van der Waals surface area contributed by atoms with Gasteiger partial charge in [0, 0.05) is 16.9 Å². The number of fused-ring (bicyclic) bond motifs is 1. The molecule has 1 saturated carbocycles. The minimum Gasteiger partial charge on any atom is -0.329 e. The van der Waals surface area contributed by atoms with Gasteiger partial charge in [-0.1, -0.05) is 37.5 Å². The van der Waals surface area contributed by atoms with Crippen LogP contribution in [0.4, 0.5) is 0 Å². The van der Waals surface area contributed by atoms with Gasteiger partial charge in [0.25, 0.3) is 0 Å². The third kappa shape index (κ3) is 1.72. The second-order valence-electron chi connectivity index (χ2n) is 4.86. The number of para-hydroxylation sites is 1. The van der Waals surface area contributed by atoms with Crippen LogP contribution in [0.2, 0.25) is 0 Å². The lowest BCUT2D eigenvalue weighted by Crippen LogP contribution is -2.13. The molecule has 0 amide bonds. The van der Waals surface area contributed by atoms with Gasteiger partial charge in [-0.05, 0) is 25.0 Å². The van der Waals surface area contributed by atoms with E-state index in [1.54, 1.807) is 0 Å². The highest BCUT2D eigenvalue weighted by Gasteiger charge is 2.19. The van der Waals surface area contributed by atoms with Gasteiger partial charge in [-0.25, -0.2) is 0 Å². The van der Waals surface area contributed by atoms with Crippen LogP contribution in [0.5, 0.6) is 0 Å². The van der Waals surface area contributed by atoms with E-state index in [0.29, 0.717) is 6.04 Å². The lowest BCUT2D eigenvalue weighted by atomic mass is 9.95. The number of nitriles is 1. The Morgan fingerprint density at radius 1 is 1.12 bits per heavy atom. The van der Waals surface area contributed by atoms with Gasteiger partial charge in [-0.2, -0.15) is 5.26 Å². The molecule has 2 aromatic rings. The van der Waals surface area contributed by atoms with E-state index >= 15 is 0 Å². The highest BCUT2D eigenvalue weighted by atomic mass is 15.0. The lowest BCUT2D eigenvalue weighted by Gasteiger charge is -2.25. The molecule has 0 bridgehead atoms. The molecule has 17 heavy (non-hydrogen) atoms. The summed E-state index contributed by atoms with van der Waals surface area (Å²) in [4.78, 5) is 0. The summed E-state index contributed by atoms with van der Waals surface area (Å²) in [6, 6.07) is 13.2. The molecule has 0 unspecified atom stereocenters. The molecule has 1 fully saturated rings. The summed E-state index contributed by atoms with van der Waals surface area (Å²) in [6.45, 7) is 0. The summed E-state index contributed by atoms with van der Waals surface area (Å²) >= 11 is 0. The highest BCUT2D eigenvalue weighted by Crippen LogP contribution is 2.33. The van der Waals surface area contributed by atoms with Crippen LogP contribution >= 0.6 is 0 Å². The van der Waals surface area contributed by atoms with Crippen LogP contribution in [0.15, 0.2) is 30.3 Å². The Balaban J connectivity index is 2.15. The van der Waals surface area contributed by atoms with E-state index in [1.165, 1.54) is 43.0 Å². The Morgan fingerprint density at radius 2 is 1.88 bits per heavy atom. The summed E-state index contributed by atoms with van der Waals surface area (Å²) in [6.07, 6.45) is 6.36. The van der Waals surface area contributed by atoms with Gasteiger partial charge < -0.3 is 4.57 Å². The fraction of sp³-hybridized carbons (Fsp3) is 0.400. The number of hydrogen-bond acceptors (Lipinski definition) is 1. The molecule has 1 heterocycles. The fourth-order valence-corrected chi connectivity index (χ4v) is 2.99. The maximum Gasteiger partial charge on any atom is 0.121 e. The van der Waals surface area contributed by atoms with Crippen molar-refractivity contribution in [2.24, 2.45) is 0 Å². The molecule has 0 radical (unpaired) electrons. The number of nitrogens with zero attached hydrogens (tertiary/aromatic N) is 2. The largest absolute Gasteiger partial charge is 0.329 e. The van der Waals surface area contributed by atoms with Gasteiger partial charge in [0.15, 0.2) is 0 Å². The maximum atomic E-state index is 9.28. The SMILES string of the molecule is N#Cc1cc2ccccc2n1C1CCCCC1. The van der Waals surface area contributed by atoms with Crippen molar-refractivity contribution in [3.05, 3.63) is 36.0 Å². The third-order valence-corrected chi connectivity index (χ3v) is 3.80. The minimum atomic E-state index is 0.526. The van der Waals surface area contributed by atoms with Crippen LogP contribution in [0.1, 0.15) is 43.8 Å². The Bertz CT molecular complexity index is 568. The standard InChI is InChI=1S/C15H16N2/c16-11-14-10-12-6-4-5-9-15(12)17(14)13-7-2-1-3-8-13/h4-6,9-10,13H,1-3,7-8H2. The molecule has 1 aliphatic carbocycles. The van der Waals surface area contributed by atoms with Gasteiger partial charge in [-0.3, -0.25) is 0 Å². The van der Waals surface area contributed by atoms with Crippen LogP contribution in [0.25, 0.3) is 10.9 Å². The first-order valence-electron chi connectivity index (χ1n) is 6.40.